The van der Waals surface area contributed by atoms with E-state index < -0.39 is 18.1 Å². The second kappa shape index (κ2) is 8.46. The molecule has 0 saturated carbocycles. The van der Waals surface area contributed by atoms with Crippen LogP contribution in [0, 0.1) is 5.92 Å². The Morgan fingerprint density at radius 1 is 1.00 bits per heavy atom. The Kier molecular flexibility index (Phi) is 6.02. The Bertz CT molecular complexity index is 816. The molecule has 0 aliphatic heterocycles. The molecule has 0 N–H and O–H groups in total. The Morgan fingerprint density at radius 3 is 2.04 bits per heavy atom. The van der Waals surface area contributed by atoms with Crippen molar-refractivity contribution in [3.8, 4) is 11.1 Å². The molecule has 5 nitrogen and oxygen atoms in total. The van der Waals surface area contributed by atoms with Crippen LogP contribution in [0.5, 0.6) is 0 Å². The Balaban J connectivity index is 1.74. The molecule has 0 unspecified atom stereocenters. The van der Waals surface area contributed by atoms with Gasteiger partial charge in [-0.25, -0.2) is 9.59 Å². The molecular formula is C23H27NO4. The third-order valence-electron chi connectivity index (χ3n) is 5.26. The molecular weight excluding hydrogens is 354 g/mol. The fourth-order valence-electron chi connectivity index (χ4n) is 3.82. The topological polar surface area (TPSA) is 55.8 Å². The summed E-state index contributed by atoms with van der Waals surface area (Å²) in [6.07, 6.45) is 0.00538. The van der Waals surface area contributed by atoms with Crippen LogP contribution in [0.1, 0.15) is 37.3 Å². The first-order chi connectivity index (χ1) is 13.4. The zero-order valence-corrected chi connectivity index (χ0v) is 16.8. The maximum Gasteiger partial charge on any atom is 0.410 e. The second-order valence-electron chi connectivity index (χ2n) is 7.58. The van der Waals surface area contributed by atoms with Crippen LogP contribution in [0.2, 0.25) is 0 Å². The monoisotopic (exact) mass is 381 g/mol. The molecule has 2 aromatic carbocycles. The third-order valence-corrected chi connectivity index (χ3v) is 5.26. The van der Waals surface area contributed by atoms with Gasteiger partial charge < -0.3 is 9.47 Å². The molecule has 0 spiro atoms. The van der Waals surface area contributed by atoms with Crippen LogP contribution in [0.15, 0.2) is 48.5 Å². The molecule has 5 heteroatoms. The van der Waals surface area contributed by atoms with Crippen molar-refractivity contribution >= 4 is 12.1 Å². The van der Waals surface area contributed by atoms with E-state index in [1.807, 2.05) is 38.1 Å². The highest BCUT2D eigenvalue weighted by atomic mass is 16.6. The summed E-state index contributed by atoms with van der Waals surface area (Å²) in [6, 6.07) is 15.7. The van der Waals surface area contributed by atoms with Gasteiger partial charge >= 0.3 is 12.1 Å². The first kappa shape index (κ1) is 19.9. The number of hydrogen-bond acceptors (Lipinski definition) is 4. The normalized spacial score (nSPS) is 13.6. The Hall–Kier alpha value is -2.82. The molecule has 0 heterocycles. The van der Waals surface area contributed by atoms with Gasteiger partial charge in [-0.1, -0.05) is 62.4 Å². The van der Waals surface area contributed by atoms with Crippen molar-refractivity contribution in [2.75, 3.05) is 20.8 Å². The fraction of sp³-hybridized carbons (Fsp3) is 0.391. The van der Waals surface area contributed by atoms with Gasteiger partial charge in [0.2, 0.25) is 0 Å². The number of amides is 1. The van der Waals surface area contributed by atoms with E-state index in [1.54, 1.807) is 7.05 Å². The fourth-order valence-corrected chi connectivity index (χ4v) is 3.82. The molecule has 0 aromatic heterocycles. The highest BCUT2D eigenvalue weighted by molar-refractivity contribution is 5.82. The molecule has 0 fully saturated rings. The third kappa shape index (κ3) is 3.88. The summed E-state index contributed by atoms with van der Waals surface area (Å²) in [6.45, 7) is 4.23. The minimum atomic E-state index is -0.652. The number of esters is 1. The summed E-state index contributed by atoms with van der Waals surface area (Å²) in [5, 5.41) is 0. The van der Waals surface area contributed by atoms with Crippen molar-refractivity contribution < 1.29 is 19.1 Å². The lowest BCUT2D eigenvalue weighted by molar-refractivity contribution is -0.146. The van der Waals surface area contributed by atoms with E-state index in [1.165, 1.54) is 23.1 Å². The molecule has 3 rings (SSSR count). The highest BCUT2D eigenvalue weighted by Gasteiger charge is 2.32. The lowest BCUT2D eigenvalue weighted by Gasteiger charge is -2.27. The minimum absolute atomic E-state index is 0.00794. The smallest absolute Gasteiger partial charge is 0.410 e. The van der Waals surface area contributed by atoms with Gasteiger partial charge in [-0.05, 0) is 34.6 Å². The van der Waals surface area contributed by atoms with E-state index >= 15 is 0 Å². The van der Waals surface area contributed by atoms with Gasteiger partial charge in [-0.3, -0.25) is 4.90 Å². The standard InChI is InChI=1S/C23H27NO4/c1-15(2)13-21(22(25)27-4)24(3)23(26)28-14-20-18-11-7-5-9-16(18)17-10-6-8-12-19(17)20/h5-12,15,20-21H,13-14H2,1-4H3/t21-/m0/s1. The van der Waals surface area contributed by atoms with Gasteiger partial charge in [0.05, 0.1) is 7.11 Å². The predicted octanol–water partition coefficient (Wildman–Crippen LogP) is 4.46. The zero-order valence-electron chi connectivity index (χ0n) is 16.8. The van der Waals surface area contributed by atoms with Crippen LogP contribution >= 0.6 is 0 Å². The van der Waals surface area contributed by atoms with E-state index in [0.29, 0.717) is 6.42 Å². The summed E-state index contributed by atoms with van der Waals surface area (Å²) in [5.74, 6) is -0.191. The van der Waals surface area contributed by atoms with Gasteiger partial charge in [-0.15, -0.1) is 0 Å². The van der Waals surface area contributed by atoms with Crippen LogP contribution in [0.25, 0.3) is 11.1 Å². The minimum Gasteiger partial charge on any atom is -0.467 e. The van der Waals surface area contributed by atoms with Crippen LogP contribution in [-0.4, -0.2) is 43.8 Å². The number of methoxy groups -OCH3 is 1. The van der Waals surface area contributed by atoms with Gasteiger partial charge in [0.15, 0.2) is 0 Å². The molecule has 2 aromatic rings. The Morgan fingerprint density at radius 2 is 1.54 bits per heavy atom. The molecule has 0 radical (unpaired) electrons. The number of fused-ring (bicyclic) bond motifs is 3. The largest absolute Gasteiger partial charge is 0.467 e. The average molecular weight is 381 g/mol. The van der Waals surface area contributed by atoms with Gasteiger partial charge in [-0.2, -0.15) is 0 Å². The summed E-state index contributed by atoms with van der Waals surface area (Å²) in [4.78, 5) is 26.1. The van der Waals surface area contributed by atoms with Crippen LogP contribution in [0.4, 0.5) is 4.79 Å². The van der Waals surface area contributed by atoms with Crippen molar-refractivity contribution in [1.82, 2.24) is 4.90 Å². The lowest BCUT2D eigenvalue weighted by Crippen LogP contribution is -2.44. The quantitative estimate of drug-likeness (QED) is 0.694. The molecule has 0 bridgehead atoms. The summed E-state index contributed by atoms with van der Waals surface area (Å²) < 4.78 is 10.5. The van der Waals surface area contributed by atoms with Crippen molar-refractivity contribution in [2.45, 2.75) is 32.2 Å². The second-order valence-corrected chi connectivity index (χ2v) is 7.58. The summed E-state index contributed by atoms with van der Waals surface area (Å²) in [7, 11) is 2.92. The maximum atomic E-state index is 12.7. The number of ether oxygens (including phenoxy) is 2. The van der Waals surface area contributed by atoms with Crippen LogP contribution in [0.3, 0.4) is 0 Å². The average Bonchev–Trinajstić information content (AvgIpc) is 3.03. The molecule has 1 aliphatic carbocycles. The molecule has 28 heavy (non-hydrogen) atoms. The number of rotatable bonds is 6. The van der Waals surface area contributed by atoms with Crippen molar-refractivity contribution in [3.63, 3.8) is 0 Å². The number of carbonyl (C=O) groups is 2. The van der Waals surface area contributed by atoms with Crippen LogP contribution in [-0.2, 0) is 14.3 Å². The SMILES string of the molecule is COC(=O)[C@H](CC(C)C)N(C)C(=O)OCC1c2ccccc2-c2ccccc21. The number of likely N-dealkylation sites (N-methyl/N-ethyl adjacent to an activating group) is 1. The van der Waals surface area contributed by atoms with Crippen LogP contribution < -0.4 is 0 Å². The highest BCUT2D eigenvalue weighted by Crippen LogP contribution is 2.44. The lowest BCUT2D eigenvalue weighted by atomic mass is 9.98. The maximum absolute atomic E-state index is 12.7. The Labute approximate surface area is 166 Å². The van der Waals surface area contributed by atoms with Gasteiger partial charge in [0, 0.05) is 13.0 Å². The molecule has 0 saturated heterocycles. The molecule has 1 amide bonds. The number of benzene rings is 2. The molecule has 148 valence electrons. The van der Waals surface area contributed by atoms with Crippen molar-refractivity contribution in [3.05, 3.63) is 59.7 Å². The molecule has 1 atom stereocenters. The van der Waals surface area contributed by atoms with E-state index in [9.17, 15) is 9.59 Å². The number of nitrogens with zero attached hydrogens (tertiary/aromatic N) is 1. The van der Waals surface area contributed by atoms with E-state index in [-0.39, 0.29) is 18.4 Å². The first-order valence-corrected chi connectivity index (χ1v) is 9.59. The van der Waals surface area contributed by atoms with Crippen molar-refractivity contribution in [2.24, 2.45) is 5.92 Å². The van der Waals surface area contributed by atoms with Gasteiger partial charge in [0.1, 0.15) is 12.6 Å². The first-order valence-electron chi connectivity index (χ1n) is 9.59. The van der Waals surface area contributed by atoms with E-state index in [2.05, 4.69) is 24.3 Å². The molecule has 1 aliphatic rings. The van der Waals surface area contributed by atoms with E-state index in [0.717, 1.165) is 11.1 Å². The van der Waals surface area contributed by atoms with Crippen molar-refractivity contribution in [1.29, 1.82) is 0 Å². The van der Waals surface area contributed by atoms with E-state index in [4.69, 9.17) is 9.47 Å². The summed E-state index contributed by atoms with van der Waals surface area (Å²) >= 11 is 0. The number of carbonyl (C=O) groups excluding carboxylic acids is 2. The predicted molar refractivity (Wildman–Crippen MR) is 108 cm³/mol. The van der Waals surface area contributed by atoms with Gasteiger partial charge in [0.25, 0.3) is 0 Å². The zero-order chi connectivity index (χ0) is 20.3. The number of hydrogen-bond donors (Lipinski definition) is 0. The summed E-state index contributed by atoms with van der Waals surface area (Å²) in [5.41, 5.74) is 4.68.